The van der Waals surface area contributed by atoms with Crippen LogP contribution >= 0.6 is 27.5 Å². The van der Waals surface area contributed by atoms with Crippen LogP contribution in [0, 0.1) is 11.3 Å². The summed E-state index contributed by atoms with van der Waals surface area (Å²) < 4.78 is 25.0. The molecule has 0 aliphatic rings. The first-order valence-electron chi connectivity index (χ1n) is 3.55. The predicted octanol–water partition coefficient (Wildman–Crippen LogP) is 3.03. The average Bonchev–Trinajstić information content (AvgIpc) is 2.16. The minimum atomic E-state index is -2.96. The zero-order valence-corrected chi connectivity index (χ0v) is 9.31. The van der Waals surface area contributed by atoms with E-state index < -0.39 is 22.9 Å². The van der Waals surface area contributed by atoms with Crippen LogP contribution in [-0.4, -0.2) is 10.2 Å². The van der Waals surface area contributed by atoms with Crippen molar-refractivity contribution in [3.63, 3.8) is 0 Å². The second kappa shape index (κ2) is 4.64. The predicted molar refractivity (Wildman–Crippen MR) is 51.8 cm³/mol. The third kappa shape index (κ3) is 2.30. The first-order chi connectivity index (χ1) is 6.99. The summed E-state index contributed by atoms with van der Waals surface area (Å²) in [4.78, 5) is 14.3. The van der Waals surface area contributed by atoms with Gasteiger partial charge in [0, 0.05) is 6.20 Å². The van der Waals surface area contributed by atoms with E-state index in [9.17, 15) is 13.6 Å². The average molecular weight is 295 g/mol. The summed E-state index contributed by atoms with van der Waals surface area (Å²) in [6.45, 7) is 0. The second-order valence-corrected chi connectivity index (χ2v) is 3.63. The lowest BCUT2D eigenvalue weighted by atomic mass is 10.1. The largest absolute Gasteiger partial charge is 0.281 e. The van der Waals surface area contributed by atoms with E-state index >= 15 is 0 Å². The Labute approximate surface area is 96.8 Å². The lowest BCUT2D eigenvalue weighted by Gasteiger charge is -2.06. The van der Waals surface area contributed by atoms with E-state index in [2.05, 4.69) is 20.9 Å². The maximum Gasteiger partial charge on any atom is 0.281 e. The van der Waals surface area contributed by atoms with Crippen LogP contribution in [0.3, 0.4) is 0 Å². The molecule has 1 heterocycles. The van der Waals surface area contributed by atoms with Crippen molar-refractivity contribution in [3.8, 4) is 6.07 Å². The number of carbonyl (C=O) groups excluding carboxylic acids is 1. The fourth-order valence-electron chi connectivity index (χ4n) is 0.977. The number of hydrogen-bond acceptors (Lipinski definition) is 3. The van der Waals surface area contributed by atoms with E-state index in [-0.39, 0.29) is 10.0 Å². The highest BCUT2D eigenvalue weighted by molar-refractivity contribution is 9.10. The monoisotopic (exact) mass is 294 g/mol. The van der Waals surface area contributed by atoms with Crippen LogP contribution < -0.4 is 0 Å². The number of alkyl halides is 2. The van der Waals surface area contributed by atoms with Gasteiger partial charge in [0.05, 0.1) is 15.6 Å². The van der Waals surface area contributed by atoms with Crippen LogP contribution in [0.5, 0.6) is 0 Å². The molecule has 1 rings (SSSR count). The van der Waals surface area contributed by atoms with Crippen LogP contribution in [0.1, 0.15) is 28.0 Å². The maximum atomic E-state index is 12.4. The number of nitrogens with zero attached hydrogens (tertiary/aromatic N) is 2. The highest BCUT2D eigenvalue weighted by Gasteiger charge is 2.24. The molecule has 0 aromatic carbocycles. The van der Waals surface area contributed by atoms with E-state index in [1.54, 1.807) is 6.07 Å². The molecule has 7 heteroatoms. The van der Waals surface area contributed by atoms with Gasteiger partial charge in [0.2, 0.25) is 0 Å². The van der Waals surface area contributed by atoms with Gasteiger partial charge in [0.15, 0.2) is 0 Å². The number of aromatic nitrogens is 1. The fourth-order valence-corrected chi connectivity index (χ4v) is 1.56. The number of carbonyl (C=O) groups is 1. The summed E-state index contributed by atoms with van der Waals surface area (Å²) in [7, 11) is 0. The summed E-state index contributed by atoms with van der Waals surface area (Å²) >= 11 is 8.04. The van der Waals surface area contributed by atoms with Crippen molar-refractivity contribution >= 4 is 32.8 Å². The Morgan fingerprint density at radius 3 is 2.67 bits per heavy atom. The van der Waals surface area contributed by atoms with E-state index in [1.165, 1.54) is 0 Å². The quantitative estimate of drug-likeness (QED) is 0.788. The molecular weight excluding hydrogens is 293 g/mol. The molecule has 0 aliphatic heterocycles. The molecule has 0 amide bonds. The highest BCUT2D eigenvalue weighted by Crippen LogP contribution is 2.28. The Hall–Kier alpha value is -1.06. The highest BCUT2D eigenvalue weighted by atomic mass is 79.9. The molecule has 0 spiro atoms. The lowest BCUT2D eigenvalue weighted by Crippen LogP contribution is -2.05. The summed E-state index contributed by atoms with van der Waals surface area (Å²) in [6, 6.07) is 1.61. The molecule has 0 radical (unpaired) electrons. The van der Waals surface area contributed by atoms with E-state index in [0.29, 0.717) is 0 Å². The van der Waals surface area contributed by atoms with Gasteiger partial charge in [0.25, 0.3) is 11.7 Å². The van der Waals surface area contributed by atoms with Gasteiger partial charge < -0.3 is 0 Å². The molecule has 3 nitrogen and oxygen atoms in total. The third-order valence-corrected chi connectivity index (χ3v) is 2.37. The molecule has 0 N–H and O–H groups in total. The van der Waals surface area contributed by atoms with Crippen molar-refractivity contribution in [2.24, 2.45) is 0 Å². The Balaban J connectivity index is 3.58. The molecule has 0 saturated carbocycles. The molecule has 0 saturated heterocycles. The fraction of sp³-hybridized carbons (Fsp3) is 0.125. The second-order valence-electron chi connectivity index (χ2n) is 2.43. The number of pyridine rings is 1. The Bertz CT molecular complexity index is 459. The van der Waals surface area contributed by atoms with Gasteiger partial charge in [-0.1, -0.05) is 0 Å². The van der Waals surface area contributed by atoms with E-state index in [4.69, 9.17) is 16.9 Å². The van der Waals surface area contributed by atoms with E-state index in [0.717, 1.165) is 6.20 Å². The number of hydrogen-bond donors (Lipinski definition) is 0. The Morgan fingerprint density at radius 2 is 2.27 bits per heavy atom. The van der Waals surface area contributed by atoms with Gasteiger partial charge in [0.1, 0.15) is 11.8 Å². The van der Waals surface area contributed by atoms with Gasteiger partial charge in [-0.25, -0.2) is 8.78 Å². The molecular formula is C8H2BrClF2N2O. The van der Waals surface area contributed by atoms with Crippen molar-refractivity contribution < 1.29 is 13.6 Å². The zero-order chi connectivity index (χ0) is 11.6. The first-order valence-corrected chi connectivity index (χ1v) is 4.72. The van der Waals surface area contributed by atoms with Crippen molar-refractivity contribution in [2.75, 3.05) is 0 Å². The molecule has 15 heavy (non-hydrogen) atoms. The van der Waals surface area contributed by atoms with Gasteiger partial charge in [-0.15, -0.1) is 0 Å². The van der Waals surface area contributed by atoms with Crippen LogP contribution in [0.4, 0.5) is 8.78 Å². The molecule has 0 bridgehead atoms. The van der Waals surface area contributed by atoms with Gasteiger partial charge in [-0.3, -0.25) is 9.78 Å². The standard InChI is InChI=1S/C8H2BrClF2N2O/c9-4-2-14-6(8(11)12)5(7(10)15)3(4)1-13/h2,8H. The van der Waals surface area contributed by atoms with Crippen LogP contribution in [0.2, 0.25) is 0 Å². The van der Waals surface area contributed by atoms with Gasteiger partial charge >= 0.3 is 0 Å². The number of nitriles is 1. The lowest BCUT2D eigenvalue weighted by molar-refractivity contribution is 0.106. The third-order valence-electron chi connectivity index (χ3n) is 1.58. The molecule has 0 atom stereocenters. The van der Waals surface area contributed by atoms with Crippen molar-refractivity contribution in [3.05, 3.63) is 27.5 Å². The van der Waals surface area contributed by atoms with Crippen molar-refractivity contribution in [2.45, 2.75) is 6.43 Å². The number of rotatable bonds is 2. The molecule has 1 aromatic heterocycles. The molecule has 78 valence electrons. The molecule has 0 aliphatic carbocycles. The number of halogens is 4. The Morgan fingerprint density at radius 1 is 1.67 bits per heavy atom. The minimum absolute atomic E-state index is 0.151. The zero-order valence-electron chi connectivity index (χ0n) is 6.97. The molecule has 0 fully saturated rings. The molecule has 1 aromatic rings. The van der Waals surface area contributed by atoms with Crippen LogP contribution in [-0.2, 0) is 0 Å². The normalized spacial score (nSPS) is 10.1. The van der Waals surface area contributed by atoms with Crippen LogP contribution in [0.25, 0.3) is 0 Å². The summed E-state index contributed by atoms with van der Waals surface area (Å²) in [5, 5.41) is 7.56. The Kier molecular flexibility index (Phi) is 3.72. The maximum absolute atomic E-state index is 12.4. The summed E-state index contributed by atoms with van der Waals surface area (Å²) in [5.74, 6) is 0. The summed E-state index contributed by atoms with van der Waals surface area (Å²) in [6.07, 6.45) is -1.92. The first kappa shape index (κ1) is 12.0. The SMILES string of the molecule is N#Cc1c(Br)cnc(C(F)F)c1C(=O)Cl. The van der Waals surface area contributed by atoms with Gasteiger partial charge in [-0.05, 0) is 27.5 Å². The van der Waals surface area contributed by atoms with Crippen LogP contribution in [0.15, 0.2) is 10.7 Å². The minimum Gasteiger partial charge on any atom is -0.275 e. The van der Waals surface area contributed by atoms with Gasteiger partial charge in [-0.2, -0.15) is 5.26 Å². The van der Waals surface area contributed by atoms with Crippen molar-refractivity contribution in [1.82, 2.24) is 4.98 Å². The smallest absolute Gasteiger partial charge is 0.275 e. The topological polar surface area (TPSA) is 53.8 Å². The van der Waals surface area contributed by atoms with Crippen molar-refractivity contribution in [1.29, 1.82) is 5.26 Å². The molecule has 0 unspecified atom stereocenters. The summed E-state index contributed by atoms with van der Waals surface area (Å²) in [5.41, 5.74) is -1.57. The van der Waals surface area contributed by atoms with E-state index in [1.807, 2.05) is 0 Å².